The molecule has 0 saturated heterocycles. The first-order valence-electron chi connectivity index (χ1n) is 7.14. The Kier molecular flexibility index (Phi) is 5.46. The second-order valence-corrected chi connectivity index (χ2v) is 5.16. The number of hydrogen-bond acceptors (Lipinski definition) is 1. The first kappa shape index (κ1) is 16.7. The Morgan fingerprint density at radius 2 is 1.91 bits per heavy atom. The van der Waals surface area contributed by atoms with Crippen LogP contribution in [0.15, 0.2) is 54.6 Å². The van der Waals surface area contributed by atoms with Gasteiger partial charge in [-0.05, 0) is 30.7 Å². The lowest BCUT2D eigenvalue weighted by atomic mass is 10.1. The van der Waals surface area contributed by atoms with Crippen LogP contribution in [0.25, 0.3) is 6.08 Å². The topological polar surface area (TPSA) is 40.5 Å². The number of halogens is 2. The third-order valence-electron chi connectivity index (χ3n) is 3.45. The van der Waals surface area contributed by atoms with Crippen molar-refractivity contribution in [3.63, 3.8) is 0 Å². The van der Waals surface area contributed by atoms with Crippen molar-refractivity contribution in [2.75, 3.05) is 0 Å². The van der Waals surface area contributed by atoms with E-state index in [1.54, 1.807) is 6.92 Å². The van der Waals surface area contributed by atoms with Gasteiger partial charge in [0.2, 0.25) is 0 Å². The molecule has 0 saturated carbocycles. The summed E-state index contributed by atoms with van der Waals surface area (Å²) in [5.41, 5.74) is 0.939. The van der Waals surface area contributed by atoms with E-state index in [0.29, 0.717) is 0 Å². The molecule has 0 bridgehead atoms. The van der Waals surface area contributed by atoms with Gasteiger partial charge in [0, 0.05) is 12.1 Å². The highest BCUT2D eigenvalue weighted by Crippen LogP contribution is 2.14. The van der Waals surface area contributed by atoms with Crippen LogP contribution in [0.3, 0.4) is 0 Å². The molecule has 2 aromatic rings. The van der Waals surface area contributed by atoms with Crippen LogP contribution in [-0.4, -0.2) is 22.1 Å². The van der Waals surface area contributed by atoms with Crippen molar-refractivity contribution in [3.8, 4) is 0 Å². The van der Waals surface area contributed by atoms with E-state index in [1.807, 2.05) is 30.3 Å². The summed E-state index contributed by atoms with van der Waals surface area (Å²) in [5, 5.41) is 9.36. The fourth-order valence-electron chi connectivity index (χ4n) is 2.16. The van der Waals surface area contributed by atoms with Gasteiger partial charge >= 0.3 is 6.09 Å². The molecule has 3 nitrogen and oxygen atoms in total. The highest BCUT2D eigenvalue weighted by Gasteiger charge is 2.17. The summed E-state index contributed by atoms with van der Waals surface area (Å²) in [5.74, 6) is -1.10. The Balaban J connectivity index is 2.15. The van der Waals surface area contributed by atoms with Gasteiger partial charge in [-0.3, -0.25) is 4.90 Å². The molecule has 0 radical (unpaired) electrons. The molecule has 0 fully saturated rings. The highest BCUT2D eigenvalue weighted by atomic mass is 19.1. The number of carbonyl (C=O) groups is 1. The molecule has 1 amide bonds. The molecular formula is C18H17F2NO2. The Hall–Kier alpha value is -2.69. The summed E-state index contributed by atoms with van der Waals surface area (Å²) in [6, 6.07) is 11.8. The number of nitrogens with zero attached hydrogens (tertiary/aromatic N) is 1. The summed E-state index contributed by atoms with van der Waals surface area (Å²) in [6.07, 6.45) is 1.85. The summed E-state index contributed by atoms with van der Waals surface area (Å²) in [4.78, 5) is 12.7. The Morgan fingerprint density at radius 1 is 1.22 bits per heavy atom. The molecule has 1 atom stereocenters. The fourth-order valence-corrected chi connectivity index (χ4v) is 2.16. The lowest BCUT2D eigenvalue weighted by molar-refractivity contribution is 0.134. The normalized spacial score (nSPS) is 12.3. The first-order chi connectivity index (χ1) is 11.0. The van der Waals surface area contributed by atoms with E-state index in [9.17, 15) is 18.7 Å². The molecule has 0 unspecified atom stereocenters. The van der Waals surface area contributed by atoms with Crippen LogP contribution in [0.5, 0.6) is 0 Å². The number of amides is 1. The zero-order valence-electron chi connectivity index (χ0n) is 12.6. The Labute approximate surface area is 133 Å². The minimum absolute atomic E-state index is 0.0851. The van der Waals surface area contributed by atoms with Gasteiger partial charge in [-0.1, -0.05) is 42.5 Å². The summed E-state index contributed by atoms with van der Waals surface area (Å²) < 4.78 is 26.7. The zero-order valence-corrected chi connectivity index (χ0v) is 12.6. The molecule has 0 aliphatic rings. The monoisotopic (exact) mass is 317 g/mol. The SMILES string of the molecule is C[C@H](/C=C/c1cc(F)ccc1F)N(Cc1ccccc1)C(=O)O. The standard InChI is InChI=1S/C18H17F2NO2/c1-13(7-8-15-11-16(19)9-10-17(15)20)21(18(22)23)12-14-5-3-2-4-6-14/h2-11,13H,12H2,1H3,(H,22,23)/b8-7+/t13-/m1/s1. The van der Waals surface area contributed by atoms with E-state index in [-0.39, 0.29) is 12.1 Å². The second kappa shape index (κ2) is 7.54. The maximum absolute atomic E-state index is 13.6. The minimum Gasteiger partial charge on any atom is -0.465 e. The van der Waals surface area contributed by atoms with Crippen molar-refractivity contribution < 1.29 is 18.7 Å². The van der Waals surface area contributed by atoms with E-state index in [4.69, 9.17) is 0 Å². The van der Waals surface area contributed by atoms with Crippen molar-refractivity contribution in [1.82, 2.24) is 4.90 Å². The van der Waals surface area contributed by atoms with Crippen LogP contribution in [0.4, 0.5) is 13.6 Å². The summed E-state index contributed by atoms with van der Waals surface area (Å²) in [6.45, 7) is 1.90. The maximum atomic E-state index is 13.6. The van der Waals surface area contributed by atoms with Gasteiger partial charge in [0.05, 0.1) is 6.04 Å². The molecule has 0 aromatic heterocycles. The molecule has 0 heterocycles. The van der Waals surface area contributed by atoms with Gasteiger partial charge in [0.1, 0.15) is 11.6 Å². The molecule has 1 N–H and O–H groups in total. The van der Waals surface area contributed by atoms with E-state index in [1.165, 1.54) is 17.1 Å². The van der Waals surface area contributed by atoms with E-state index in [0.717, 1.165) is 23.8 Å². The average molecular weight is 317 g/mol. The zero-order chi connectivity index (χ0) is 16.8. The molecule has 0 aliphatic carbocycles. The lowest BCUT2D eigenvalue weighted by Gasteiger charge is -2.24. The van der Waals surface area contributed by atoms with Crippen LogP contribution >= 0.6 is 0 Å². The molecule has 120 valence electrons. The molecule has 0 aliphatic heterocycles. The van der Waals surface area contributed by atoms with Crippen molar-refractivity contribution >= 4 is 12.2 Å². The summed E-state index contributed by atoms with van der Waals surface area (Å²) in [7, 11) is 0. The van der Waals surface area contributed by atoms with Crippen LogP contribution < -0.4 is 0 Å². The first-order valence-corrected chi connectivity index (χ1v) is 7.14. The van der Waals surface area contributed by atoms with Crippen LogP contribution in [0.2, 0.25) is 0 Å². The van der Waals surface area contributed by atoms with Gasteiger partial charge in [-0.25, -0.2) is 13.6 Å². The van der Waals surface area contributed by atoms with Crippen molar-refractivity contribution in [2.45, 2.75) is 19.5 Å². The molecule has 2 rings (SSSR count). The van der Waals surface area contributed by atoms with E-state index in [2.05, 4.69) is 0 Å². The van der Waals surface area contributed by atoms with Crippen LogP contribution in [-0.2, 0) is 6.54 Å². The predicted octanol–water partition coefficient (Wildman–Crippen LogP) is 4.55. The molecule has 0 spiro atoms. The molecule has 23 heavy (non-hydrogen) atoms. The largest absolute Gasteiger partial charge is 0.465 e. The second-order valence-electron chi connectivity index (χ2n) is 5.16. The van der Waals surface area contributed by atoms with Gasteiger partial charge in [0.15, 0.2) is 0 Å². The maximum Gasteiger partial charge on any atom is 0.408 e. The lowest BCUT2D eigenvalue weighted by Crippen LogP contribution is -2.35. The number of hydrogen-bond donors (Lipinski definition) is 1. The predicted molar refractivity (Wildman–Crippen MR) is 84.9 cm³/mol. The fraction of sp³-hybridized carbons (Fsp3) is 0.167. The number of rotatable bonds is 5. The quantitative estimate of drug-likeness (QED) is 0.879. The average Bonchev–Trinajstić information content (AvgIpc) is 2.54. The molecule has 5 heteroatoms. The molecule has 2 aromatic carbocycles. The van der Waals surface area contributed by atoms with Crippen LogP contribution in [0.1, 0.15) is 18.1 Å². The Morgan fingerprint density at radius 3 is 2.57 bits per heavy atom. The smallest absolute Gasteiger partial charge is 0.408 e. The molecular weight excluding hydrogens is 300 g/mol. The van der Waals surface area contributed by atoms with Crippen molar-refractivity contribution in [2.24, 2.45) is 0 Å². The van der Waals surface area contributed by atoms with Gasteiger partial charge in [0.25, 0.3) is 0 Å². The van der Waals surface area contributed by atoms with Gasteiger partial charge < -0.3 is 5.11 Å². The summed E-state index contributed by atoms with van der Waals surface area (Å²) >= 11 is 0. The number of benzene rings is 2. The van der Waals surface area contributed by atoms with Crippen LogP contribution in [0, 0.1) is 11.6 Å². The van der Waals surface area contributed by atoms with Crippen molar-refractivity contribution in [3.05, 3.63) is 77.4 Å². The third kappa shape index (κ3) is 4.64. The minimum atomic E-state index is -1.08. The van der Waals surface area contributed by atoms with Crippen molar-refractivity contribution in [1.29, 1.82) is 0 Å². The highest BCUT2D eigenvalue weighted by molar-refractivity contribution is 5.66. The van der Waals surface area contributed by atoms with Gasteiger partial charge in [-0.15, -0.1) is 0 Å². The number of carboxylic acid groups (broad SMARTS) is 1. The Bertz CT molecular complexity index is 701. The van der Waals surface area contributed by atoms with E-state index < -0.39 is 23.8 Å². The van der Waals surface area contributed by atoms with E-state index >= 15 is 0 Å². The van der Waals surface area contributed by atoms with Gasteiger partial charge in [-0.2, -0.15) is 0 Å². The third-order valence-corrected chi connectivity index (χ3v) is 3.45.